The fraction of sp³-hybridized carbons (Fsp3) is 0.0154. The van der Waals surface area contributed by atoms with Gasteiger partial charge >= 0.3 is 0 Å². The van der Waals surface area contributed by atoms with Crippen LogP contribution in [0.2, 0.25) is 0 Å². The van der Waals surface area contributed by atoms with Gasteiger partial charge in [0.05, 0.1) is 27.8 Å². The molecule has 0 saturated heterocycles. The molecule has 1 heterocycles. The fourth-order valence-electron chi connectivity index (χ4n) is 11.3. The number of fused-ring (bicyclic) bond motifs is 7. The van der Waals surface area contributed by atoms with Crippen LogP contribution in [0.3, 0.4) is 0 Å². The highest BCUT2D eigenvalue weighted by Crippen LogP contribution is 2.58. The van der Waals surface area contributed by atoms with E-state index in [-0.39, 0.29) is 0 Å². The van der Waals surface area contributed by atoms with Gasteiger partial charge in [-0.3, -0.25) is 0 Å². The molecule has 11 aromatic carbocycles. The fourth-order valence-corrected chi connectivity index (χ4v) is 11.3. The molecule has 0 unspecified atom stereocenters. The molecule has 0 aliphatic heterocycles. The lowest BCUT2D eigenvalue weighted by Crippen LogP contribution is -2.28. The lowest BCUT2D eigenvalue weighted by atomic mass is 9.67. The van der Waals surface area contributed by atoms with Crippen molar-refractivity contribution < 1.29 is 0 Å². The molecular formula is C65H44N2. The molecule has 0 fully saturated rings. The van der Waals surface area contributed by atoms with Crippen LogP contribution in [0, 0.1) is 0 Å². The third-order valence-electron chi connectivity index (χ3n) is 14.1. The second kappa shape index (κ2) is 15.8. The maximum atomic E-state index is 2.55. The minimum atomic E-state index is -0.569. The van der Waals surface area contributed by atoms with Gasteiger partial charge in [0.1, 0.15) is 0 Å². The normalized spacial score (nSPS) is 12.6. The highest BCUT2D eigenvalue weighted by molar-refractivity contribution is 6.16. The van der Waals surface area contributed by atoms with Crippen molar-refractivity contribution in [1.82, 2.24) is 4.57 Å². The van der Waals surface area contributed by atoms with Crippen molar-refractivity contribution in [2.24, 2.45) is 0 Å². The first-order chi connectivity index (χ1) is 33.3. The molecule has 2 heteroatoms. The average molecular weight is 853 g/mol. The summed E-state index contributed by atoms with van der Waals surface area (Å²) in [6.45, 7) is 0. The molecule has 2 nitrogen and oxygen atoms in total. The Morgan fingerprint density at radius 3 is 1.63 bits per heavy atom. The van der Waals surface area contributed by atoms with Crippen molar-refractivity contribution in [2.45, 2.75) is 5.41 Å². The monoisotopic (exact) mass is 852 g/mol. The van der Waals surface area contributed by atoms with E-state index in [0.29, 0.717) is 0 Å². The van der Waals surface area contributed by atoms with E-state index in [0.717, 1.165) is 33.8 Å². The van der Waals surface area contributed by atoms with Gasteiger partial charge in [-0.05, 0) is 103 Å². The molecule has 1 aliphatic carbocycles. The highest BCUT2D eigenvalue weighted by Gasteiger charge is 2.46. The van der Waals surface area contributed by atoms with E-state index in [1.54, 1.807) is 0 Å². The van der Waals surface area contributed by atoms with Gasteiger partial charge in [-0.25, -0.2) is 0 Å². The van der Waals surface area contributed by atoms with Crippen molar-refractivity contribution in [3.05, 3.63) is 289 Å². The second-order valence-corrected chi connectivity index (χ2v) is 17.5. The first-order valence-electron chi connectivity index (χ1n) is 23.2. The van der Waals surface area contributed by atoms with Crippen molar-refractivity contribution in [2.75, 3.05) is 4.90 Å². The molecule has 0 N–H and O–H groups in total. The first-order valence-corrected chi connectivity index (χ1v) is 23.2. The Morgan fingerprint density at radius 1 is 0.343 bits per heavy atom. The van der Waals surface area contributed by atoms with Gasteiger partial charge in [0.25, 0.3) is 0 Å². The summed E-state index contributed by atoms with van der Waals surface area (Å²) >= 11 is 0. The van der Waals surface area contributed by atoms with E-state index < -0.39 is 5.41 Å². The quantitative estimate of drug-likeness (QED) is 0.148. The van der Waals surface area contributed by atoms with Crippen LogP contribution >= 0.6 is 0 Å². The molecular weight excluding hydrogens is 809 g/mol. The van der Waals surface area contributed by atoms with Crippen LogP contribution in [0.1, 0.15) is 22.3 Å². The molecule has 0 amide bonds. The molecule has 0 radical (unpaired) electrons. The number of aromatic nitrogens is 1. The Hall–Kier alpha value is -8.72. The van der Waals surface area contributed by atoms with Gasteiger partial charge in [-0.15, -0.1) is 0 Å². The third kappa shape index (κ3) is 5.97. The number of rotatable bonds is 8. The van der Waals surface area contributed by atoms with Crippen molar-refractivity contribution in [3.8, 4) is 39.1 Å². The summed E-state index contributed by atoms with van der Waals surface area (Å²) in [5.74, 6) is 0. The standard InChI is InChI=1S/C65H44N2/c1-5-22-45(23-6-1)51-35-19-24-46-25-20-36-56(63(46)51)54-33-14-17-39-60(54)66(62-41-21-37-57-55-34-15-18-40-61(55)67(64(57)62)49-30-11-4-12-31-49)50-42-43-53-52-32-13-16-38-58(52)65(59(53)44-50,47-26-7-2-8-27-47)48-28-9-3-10-29-48/h1-44H. The third-order valence-corrected chi connectivity index (χ3v) is 14.1. The summed E-state index contributed by atoms with van der Waals surface area (Å²) in [5.41, 5.74) is 18.4. The van der Waals surface area contributed by atoms with E-state index in [2.05, 4.69) is 276 Å². The van der Waals surface area contributed by atoms with Gasteiger partial charge in [-0.2, -0.15) is 0 Å². The number of para-hydroxylation sites is 4. The van der Waals surface area contributed by atoms with Gasteiger partial charge in [0.15, 0.2) is 0 Å². The number of hydrogen-bond donors (Lipinski definition) is 0. The smallest absolute Gasteiger partial charge is 0.0782 e. The molecule has 0 atom stereocenters. The second-order valence-electron chi connectivity index (χ2n) is 17.5. The summed E-state index contributed by atoms with van der Waals surface area (Å²) in [5, 5.41) is 4.86. The molecule has 0 bridgehead atoms. The number of hydrogen-bond acceptors (Lipinski definition) is 1. The topological polar surface area (TPSA) is 8.17 Å². The van der Waals surface area contributed by atoms with E-state index in [4.69, 9.17) is 0 Å². The molecule has 13 rings (SSSR count). The highest BCUT2D eigenvalue weighted by atomic mass is 15.2. The van der Waals surface area contributed by atoms with E-state index in [1.165, 1.54) is 77.1 Å². The average Bonchev–Trinajstić information content (AvgIpc) is 3.91. The number of benzene rings is 11. The van der Waals surface area contributed by atoms with Crippen molar-refractivity contribution in [1.29, 1.82) is 0 Å². The van der Waals surface area contributed by atoms with Gasteiger partial charge < -0.3 is 9.47 Å². The molecule has 0 spiro atoms. The van der Waals surface area contributed by atoms with E-state index in [9.17, 15) is 0 Å². The predicted molar refractivity (Wildman–Crippen MR) is 281 cm³/mol. The minimum Gasteiger partial charge on any atom is -0.308 e. The van der Waals surface area contributed by atoms with Crippen LogP contribution in [0.15, 0.2) is 267 Å². The largest absolute Gasteiger partial charge is 0.308 e. The summed E-state index contributed by atoms with van der Waals surface area (Å²) < 4.78 is 2.46. The minimum absolute atomic E-state index is 0.569. The Kier molecular flexibility index (Phi) is 9.11. The van der Waals surface area contributed by atoms with Crippen molar-refractivity contribution >= 4 is 49.6 Å². The summed E-state index contributed by atoms with van der Waals surface area (Å²) in [4.78, 5) is 2.55. The van der Waals surface area contributed by atoms with Crippen LogP contribution in [0.5, 0.6) is 0 Å². The number of nitrogens with zero attached hydrogens (tertiary/aromatic N) is 2. The maximum Gasteiger partial charge on any atom is 0.0782 e. The van der Waals surface area contributed by atoms with Gasteiger partial charge in [0, 0.05) is 27.7 Å². The van der Waals surface area contributed by atoms with E-state index in [1.807, 2.05) is 0 Å². The Bertz CT molecular complexity index is 3750. The first kappa shape index (κ1) is 38.7. The predicted octanol–water partition coefficient (Wildman–Crippen LogP) is 17.1. The van der Waals surface area contributed by atoms with Crippen LogP contribution in [-0.2, 0) is 5.41 Å². The molecule has 12 aromatic rings. The summed E-state index contributed by atoms with van der Waals surface area (Å²) in [7, 11) is 0. The lowest BCUT2D eigenvalue weighted by Gasteiger charge is -2.35. The maximum absolute atomic E-state index is 2.55. The van der Waals surface area contributed by atoms with Crippen molar-refractivity contribution in [3.63, 3.8) is 0 Å². The lowest BCUT2D eigenvalue weighted by molar-refractivity contribution is 0.768. The van der Waals surface area contributed by atoms with Gasteiger partial charge in [0.2, 0.25) is 0 Å². The molecule has 67 heavy (non-hydrogen) atoms. The Morgan fingerprint density at radius 2 is 0.881 bits per heavy atom. The Balaban J connectivity index is 1.16. The van der Waals surface area contributed by atoms with Crippen LogP contribution in [-0.4, -0.2) is 4.57 Å². The summed E-state index contributed by atoms with van der Waals surface area (Å²) in [6, 6.07) is 98.3. The van der Waals surface area contributed by atoms with Crippen LogP contribution in [0.25, 0.3) is 71.6 Å². The molecule has 314 valence electrons. The zero-order valence-corrected chi connectivity index (χ0v) is 36.8. The summed E-state index contributed by atoms with van der Waals surface area (Å²) in [6.07, 6.45) is 0. The van der Waals surface area contributed by atoms with Crippen LogP contribution < -0.4 is 4.90 Å². The van der Waals surface area contributed by atoms with E-state index >= 15 is 0 Å². The molecule has 1 aliphatic rings. The SMILES string of the molecule is c1ccc(-c2cccc3cccc(-c4ccccc4N(c4ccc5c(c4)C(c4ccccc4)(c4ccccc4)c4ccccc4-5)c4cccc5c6ccccc6n(-c6ccccc6)c45)c23)cc1. The number of anilines is 3. The van der Waals surface area contributed by atoms with Crippen LogP contribution in [0.4, 0.5) is 17.1 Å². The molecule has 1 aromatic heterocycles. The zero-order chi connectivity index (χ0) is 44.3. The Labute approximate surface area is 390 Å². The molecule has 0 saturated carbocycles. The van der Waals surface area contributed by atoms with Gasteiger partial charge in [-0.1, -0.05) is 224 Å². The zero-order valence-electron chi connectivity index (χ0n) is 36.8.